The van der Waals surface area contributed by atoms with Crippen molar-refractivity contribution in [1.82, 2.24) is 0 Å². The number of halogens is 4. The molecule has 106 valence electrons. The Balaban J connectivity index is 2.02. The number of amides is 1. The summed E-state index contributed by atoms with van der Waals surface area (Å²) < 4.78 is 37.5. The Hall–Kier alpha value is -0.740. The van der Waals surface area contributed by atoms with E-state index in [2.05, 4.69) is 27.9 Å². The van der Waals surface area contributed by atoms with Gasteiger partial charge in [0.1, 0.15) is 0 Å². The molecule has 0 aliphatic carbocycles. The van der Waals surface area contributed by atoms with Crippen LogP contribution in [0.2, 0.25) is 0 Å². The fourth-order valence-corrected chi connectivity index (χ4v) is 3.24. The van der Waals surface area contributed by atoms with Gasteiger partial charge in [0.05, 0.1) is 8.45 Å². The number of hydrogen-bond acceptors (Lipinski definition) is 3. The summed E-state index contributed by atoms with van der Waals surface area (Å²) in [5.74, 6) is -0.277. The fraction of sp³-hybridized carbons (Fsp3) is 0.0833. The van der Waals surface area contributed by atoms with Gasteiger partial charge in [0.2, 0.25) is 0 Å². The molecule has 1 aromatic heterocycles. The van der Waals surface area contributed by atoms with Gasteiger partial charge in [-0.25, -0.2) is 0 Å². The van der Waals surface area contributed by atoms with Crippen LogP contribution in [-0.2, 0) is 0 Å². The average Bonchev–Trinajstić information content (AvgIpc) is 2.77. The van der Waals surface area contributed by atoms with E-state index in [0.29, 0.717) is 11.3 Å². The van der Waals surface area contributed by atoms with E-state index in [1.807, 2.05) is 0 Å². The summed E-state index contributed by atoms with van der Waals surface area (Å²) >= 11 is 3.38. The zero-order valence-corrected chi connectivity index (χ0v) is 13.5. The van der Waals surface area contributed by atoms with Crippen molar-refractivity contribution in [3.05, 3.63) is 44.2 Å². The molecular weight excluding hydrogens is 422 g/mol. The Morgan fingerprint density at radius 3 is 2.40 bits per heavy atom. The highest BCUT2D eigenvalue weighted by molar-refractivity contribution is 14.1. The Morgan fingerprint density at radius 1 is 1.25 bits per heavy atom. The molecule has 0 saturated heterocycles. The zero-order chi connectivity index (χ0) is 14.8. The SMILES string of the molecule is O=C(Nc1ccc(SC(F)(F)F)cc1)c1csc(I)c1. The molecule has 2 rings (SSSR count). The van der Waals surface area contributed by atoms with Crippen LogP contribution in [0.25, 0.3) is 0 Å². The molecule has 0 spiro atoms. The second kappa shape index (κ2) is 6.35. The largest absolute Gasteiger partial charge is 0.446 e. The summed E-state index contributed by atoms with van der Waals surface area (Å²) in [6.07, 6.45) is 0. The standard InChI is InChI=1S/C12H7F3INOS2/c13-12(14,15)20-9-3-1-8(2-4-9)17-11(18)7-5-10(16)19-6-7/h1-6H,(H,17,18). The first kappa shape index (κ1) is 15.6. The third-order valence-electron chi connectivity index (χ3n) is 2.18. The molecule has 0 bridgehead atoms. The summed E-state index contributed by atoms with van der Waals surface area (Å²) in [5, 5.41) is 4.36. The molecule has 0 saturated carbocycles. The van der Waals surface area contributed by atoms with Crippen molar-refractivity contribution < 1.29 is 18.0 Å². The number of thiophene rings is 1. The summed E-state index contributed by atoms with van der Waals surface area (Å²) in [6, 6.07) is 7.29. The maximum absolute atomic E-state index is 12.2. The molecule has 0 aliphatic heterocycles. The van der Waals surface area contributed by atoms with Gasteiger partial charge < -0.3 is 5.32 Å². The summed E-state index contributed by atoms with van der Waals surface area (Å²) in [4.78, 5) is 11.9. The van der Waals surface area contributed by atoms with E-state index in [0.717, 1.165) is 2.88 Å². The van der Waals surface area contributed by atoms with Crippen LogP contribution in [-0.4, -0.2) is 11.4 Å². The molecule has 0 unspecified atom stereocenters. The smallest absolute Gasteiger partial charge is 0.322 e. The second-order valence-corrected chi connectivity index (χ2v) is 7.61. The maximum atomic E-state index is 12.2. The summed E-state index contributed by atoms with van der Waals surface area (Å²) in [6.45, 7) is 0. The Labute approximate surface area is 134 Å². The maximum Gasteiger partial charge on any atom is 0.446 e. The average molecular weight is 429 g/mol. The van der Waals surface area contributed by atoms with Crippen LogP contribution in [0.1, 0.15) is 10.4 Å². The molecule has 0 radical (unpaired) electrons. The first-order chi connectivity index (χ1) is 9.33. The minimum atomic E-state index is -4.31. The zero-order valence-electron chi connectivity index (χ0n) is 9.70. The molecule has 2 aromatic rings. The molecule has 20 heavy (non-hydrogen) atoms. The number of nitrogens with one attached hydrogen (secondary N) is 1. The fourth-order valence-electron chi connectivity index (χ4n) is 1.37. The van der Waals surface area contributed by atoms with Gasteiger partial charge >= 0.3 is 5.51 Å². The quantitative estimate of drug-likeness (QED) is 0.536. The van der Waals surface area contributed by atoms with Crippen LogP contribution >= 0.6 is 45.7 Å². The number of alkyl halides is 3. The van der Waals surface area contributed by atoms with Crippen LogP contribution in [0.3, 0.4) is 0 Å². The lowest BCUT2D eigenvalue weighted by Gasteiger charge is -2.07. The molecule has 1 heterocycles. The first-order valence-corrected chi connectivity index (χ1v) is 8.02. The van der Waals surface area contributed by atoms with E-state index >= 15 is 0 Å². The number of benzene rings is 1. The van der Waals surface area contributed by atoms with Gasteiger partial charge in [-0.3, -0.25) is 4.79 Å². The summed E-state index contributed by atoms with van der Waals surface area (Å²) in [5.41, 5.74) is -3.31. The molecule has 1 amide bonds. The lowest BCUT2D eigenvalue weighted by molar-refractivity contribution is -0.0328. The van der Waals surface area contributed by atoms with Crippen LogP contribution in [0, 0.1) is 2.88 Å². The normalized spacial score (nSPS) is 11.4. The van der Waals surface area contributed by atoms with Crippen molar-refractivity contribution in [2.45, 2.75) is 10.4 Å². The lowest BCUT2D eigenvalue weighted by atomic mass is 10.3. The predicted octanol–water partition coefficient (Wildman–Crippen LogP) is 5.22. The van der Waals surface area contributed by atoms with E-state index in [1.54, 1.807) is 11.4 Å². The van der Waals surface area contributed by atoms with E-state index in [4.69, 9.17) is 0 Å². The lowest BCUT2D eigenvalue weighted by Crippen LogP contribution is -2.10. The van der Waals surface area contributed by atoms with Crippen LogP contribution in [0.15, 0.2) is 40.6 Å². The Bertz CT molecular complexity index is 610. The third-order valence-corrected chi connectivity index (χ3v) is 4.70. The number of thioether (sulfide) groups is 1. The monoisotopic (exact) mass is 429 g/mol. The van der Waals surface area contributed by atoms with E-state index in [-0.39, 0.29) is 22.6 Å². The number of carbonyl (C=O) groups excluding carboxylic acids is 1. The number of hydrogen-bond donors (Lipinski definition) is 1. The molecule has 0 fully saturated rings. The van der Waals surface area contributed by atoms with Crippen molar-refractivity contribution in [3.63, 3.8) is 0 Å². The van der Waals surface area contributed by atoms with Gasteiger partial charge in [-0.2, -0.15) is 13.2 Å². The van der Waals surface area contributed by atoms with Gasteiger partial charge in [-0.05, 0) is 64.7 Å². The van der Waals surface area contributed by atoms with Gasteiger partial charge in [-0.1, -0.05) is 0 Å². The number of carbonyl (C=O) groups is 1. The Kier molecular flexibility index (Phi) is 4.97. The molecular formula is C12H7F3INOS2. The van der Waals surface area contributed by atoms with E-state index < -0.39 is 5.51 Å². The van der Waals surface area contributed by atoms with Gasteiger partial charge in [0.25, 0.3) is 5.91 Å². The van der Waals surface area contributed by atoms with E-state index in [1.165, 1.54) is 35.6 Å². The molecule has 0 aliphatic rings. The highest BCUT2D eigenvalue weighted by Gasteiger charge is 2.29. The van der Waals surface area contributed by atoms with Crippen molar-refractivity contribution in [2.24, 2.45) is 0 Å². The second-order valence-electron chi connectivity index (χ2n) is 3.67. The topological polar surface area (TPSA) is 29.1 Å². The molecule has 8 heteroatoms. The first-order valence-electron chi connectivity index (χ1n) is 5.25. The van der Waals surface area contributed by atoms with Gasteiger partial charge in [0, 0.05) is 16.0 Å². The van der Waals surface area contributed by atoms with Crippen molar-refractivity contribution in [2.75, 3.05) is 5.32 Å². The minimum absolute atomic E-state index is 0.0839. The van der Waals surface area contributed by atoms with Crippen LogP contribution in [0.4, 0.5) is 18.9 Å². The van der Waals surface area contributed by atoms with Crippen molar-refractivity contribution in [1.29, 1.82) is 0 Å². The van der Waals surface area contributed by atoms with Gasteiger partial charge in [-0.15, -0.1) is 11.3 Å². The van der Waals surface area contributed by atoms with Crippen LogP contribution < -0.4 is 5.32 Å². The highest BCUT2D eigenvalue weighted by atomic mass is 127. The molecule has 0 atom stereocenters. The number of rotatable bonds is 3. The Morgan fingerprint density at radius 2 is 1.90 bits per heavy atom. The summed E-state index contributed by atoms with van der Waals surface area (Å²) in [7, 11) is 0. The van der Waals surface area contributed by atoms with E-state index in [9.17, 15) is 18.0 Å². The molecule has 1 N–H and O–H groups in total. The van der Waals surface area contributed by atoms with Crippen molar-refractivity contribution in [3.8, 4) is 0 Å². The molecule has 1 aromatic carbocycles. The highest BCUT2D eigenvalue weighted by Crippen LogP contribution is 2.37. The minimum Gasteiger partial charge on any atom is -0.322 e. The van der Waals surface area contributed by atoms with Crippen LogP contribution in [0.5, 0.6) is 0 Å². The van der Waals surface area contributed by atoms with Gasteiger partial charge in [0.15, 0.2) is 0 Å². The number of anilines is 1. The molecule has 2 nitrogen and oxygen atoms in total. The third kappa shape index (κ3) is 4.67. The van der Waals surface area contributed by atoms with Crippen molar-refractivity contribution >= 4 is 57.3 Å². The predicted molar refractivity (Wildman–Crippen MR) is 83.3 cm³/mol.